The molecule has 0 unspecified atom stereocenters. The summed E-state index contributed by atoms with van der Waals surface area (Å²) in [4.78, 5) is 12.5. The molecule has 3 aromatic carbocycles. The summed E-state index contributed by atoms with van der Waals surface area (Å²) in [5.41, 5.74) is -4.40. The Balaban J connectivity index is 2.02. The molecule has 0 atom stereocenters. The molecule has 0 saturated carbocycles. The van der Waals surface area contributed by atoms with Gasteiger partial charge in [-0.15, -0.1) is 0 Å². The third kappa shape index (κ3) is 4.75. The number of nitrogens with one attached hydrogen (secondary N) is 2. The van der Waals surface area contributed by atoms with E-state index in [1.165, 1.54) is 35.1 Å². The standard InChI is InChI=1S/C20H15F3N2O3S/c21-20(22,23)29(27,28)25-17-12-11-16(14-7-3-1-4-8-14)13-18(17)24-19(26)15-9-5-2-6-10-15/h1-13,25H,(H,24,26). The maximum absolute atomic E-state index is 12.8. The summed E-state index contributed by atoms with van der Waals surface area (Å²) in [5, 5.41) is 2.48. The Labute approximate surface area is 165 Å². The van der Waals surface area contributed by atoms with Gasteiger partial charge in [0.25, 0.3) is 5.91 Å². The maximum Gasteiger partial charge on any atom is 0.516 e. The maximum atomic E-state index is 12.8. The summed E-state index contributed by atoms with van der Waals surface area (Å²) >= 11 is 0. The van der Waals surface area contributed by atoms with E-state index in [9.17, 15) is 26.4 Å². The Morgan fingerprint density at radius 2 is 1.34 bits per heavy atom. The largest absolute Gasteiger partial charge is 0.516 e. The molecule has 150 valence electrons. The fraction of sp³-hybridized carbons (Fsp3) is 0.0500. The zero-order chi connectivity index (χ0) is 21.1. The van der Waals surface area contributed by atoms with Gasteiger partial charge in [-0.3, -0.25) is 9.52 Å². The number of halogens is 3. The second-order valence-electron chi connectivity index (χ2n) is 6.00. The first-order valence-electron chi connectivity index (χ1n) is 8.32. The quantitative estimate of drug-likeness (QED) is 0.619. The van der Waals surface area contributed by atoms with Gasteiger partial charge in [0.1, 0.15) is 0 Å². The molecule has 0 bridgehead atoms. The van der Waals surface area contributed by atoms with Gasteiger partial charge in [0.2, 0.25) is 0 Å². The highest BCUT2D eigenvalue weighted by atomic mass is 32.2. The minimum Gasteiger partial charge on any atom is -0.320 e. The molecule has 3 aromatic rings. The van der Waals surface area contributed by atoms with Gasteiger partial charge in [-0.25, -0.2) is 0 Å². The molecule has 9 heteroatoms. The number of carbonyl (C=O) groups is 1. The van der Waals surface area contributed by atoms with E-state index in [2.05, 4.69) is 5.32 Å². The number of alkyl halides is 3. The Bertz CT molecular complexity index is 1120. The van der Waals surface area contributed by atoms with E-state index in [1.807, 2.05) is 0 Å². The van der Waals surface area contributed by atoms with Gasteiger partial charge in [0.15, 0.2) is 0 Å². The van der Waals surface area contributed by atoms with E-state index < -0.39 is 27.1 Å². The number of anilines is 2. The molecule has 1 amide bonds. The van der Waals surface area contributed by atoms with Crippen LogP contribution in [0.2, 0.25) is 0 Å². The van der Waals surface area contributed by atoms with Crippen molar-refractivity contribution >= 4 is 27.3 Å². The Morgan fingerprint density at radius 3 is 1.93 bits per heavy atom. The highest BCUT2D eigenvalue weighted by Crippen LogP contribution is 2.33. The number of amides is 1. The van der Waals surface area contributed by atoms with Gasteiger partial charge in [-0.1, -0.05) is 54.6 Å². The van der Waals surface area contributed by atoms with Crippen LogP contribution >= 0.6 is 0 Å². The third-order valence-electron chi connectivity index (χ3n) is 3.96. The summed E-state index contributed by atoms with van der Waals surface area (Å²) in [5.74, 6) is -0.594. The fourth-order valence-electron chi connectivity index (χ4n) is 2.53. The second-order valence-corrected chi connectivity index (χ2v) is 7.67. The van der Waals surface area contributed by atoms with Gasteiger partial charge >= 0.3 is 15.5 Å². The van der Waals surface area contributed by atoms with Crippen LogP contribution in [0.25, 0.3) is 11.1 Å². The van der Waals surface area contributed by atoms with Crippen molar-refractivity contribution in [3.05, 3.63) is 84.4 Å². The molecule has 0 saturated heterocycles. The molecule has 29 heavy (non-hydrogen) atoms. The zero-order valence-corrected chi connectivity index (χ0v) is 15.6. The van der Waals surface area contributed by atoms with Crippen molar-refractivity contribution in [3.63, 3.8) is 0 Å². The molecular weight excluding hydrogens is 405 g/mol. The van der Waals surface area contributed by atoms with Gasteiger partial charge in [0, 0.05) is 5.56 Å². The Hall–Kier alpha value is -3.33. The average Bonchev–Trinajstić information content (AvgIpc) is 2.69. The van der Waals surface area contributed by atoms with E-state index in [1.54, 1.807) is 48.5 Å². The predicted octanol–water partition coefficient (Wildman–Crippen LogP) is 4.87. The molecule has 0 radical (unpaired) electrons. The lowest BCUT2D eigenvalue weighted by Gasteiger charge is -2.16. The van der Waals surface area contributed by atoms with Crippen molar-refractivity contribution in [3.8, 4) is 11.1 Å². The van der Waals surface area contributed by atoms with Crippen LogP contribution in [0.1, 0.15) is 10.4 Å². The van der Waals surface area contributed by atoms with Gasteiger partial charge in [-0.05, 0) is 35.4 Å². The van der Waals surface area contributed by atoms with E-state index in [0.29, 0.717) is 5.56 Å². The normalized spacial score (nSPS) is 11.7. The first-order chi connectivity index (χ1) is 13.7. The molecule has 0 aliphatic heterocycles. The van der Waals surface area contributed by atoms with Crippen molar-refractivity contribution in [1.29, 1.82) is 0 Å². The van der Waals surface area contributed by atoms with Crippen LogP contribution in [0.3, 0.4) is 0 Å². The summed E-state index contributed by atoms with van der Waals surface area (Å²) in [6.07, 6.45) is 0. The molecule has 0 aromatic heterocycles. The SMILES string of the molecule is O=C(Nc1cc(-c2ccccc2)ccc1NS(=O)(=O)C(F)(F)F)c1ccccc1. The lowest BCUT2D eigenvalue weighted by Crippen LogP contribution is -2.30. The Morgan fingerprint density at radius 1 is 0.759 bits per heavy atom. The molecule has 3 rings (SSSR count). The average molecular weight is 420 g/mol. The molecule has 0 aliphatic rings. The number of hydrogen-bond acceptors (Lipinski definition) is 3. The van der Waals surface area contributed by atoms with E-state index in [0.717, 1.165) is 5.56 Å². The van der Waals surface area contributed by atoms with Crippen LogP contribution in [-0.4, -0.2) is 19.8 Å². The monoisotopic (exact) mass is 420 g/mol. The lowest BCUT2D eigenvalue weighted by atomic mass is 10.0. The lowest BCUT2D eigenvalue weighted by molar-refractivity contribution is -0.0429. The summed E-state index contributed by atoms with van der Waals surface area (Å²) in [7, 11) is -5.65. The molecule has 0 heterocycles. The minimum absolute atomic E-state index is 0.104. The molecule has 2 N–H and O–H groups in total. The first-order valence-corrected chi connectivity index (χ1v) is 9.81. The van der Waals surface area contributed by atoms with Crippen molar-refractivity contribution < 1.29 is 26.4 Å². The van der Waals surface area contributed by atoms with E-state index in [4.69, 9.17) is 0 Å². The van der Waals surface area contributed by atoms with Crippen molar-refractivity contribution in [2.75, 3.05) is 10.0 Å². The molecule has 0 spiro atoms. The topological polar surface area (TPSA) is 75.3 Å². The predicted molar refractivity (Wildman–Crippen MR) is 105 cm³/mol. The van der Waals surface area contributed by atoms with Crippen molar-refractivity contribution in [1.82, 2.24) is 0 Å². The number of carbonyl (C=O) groups excluding carboxylic acids is 1. The third-order valence-corrected chi connectivity index (χ3v) is 5.06. The van der Waals surface area contributed by atoms with Crippen LogP contribution in [0.15, 0.2) is 78.9 Å². The van der Waals surface area contributed by atoms with Crippen LogP contribution < -0.4 is 10.0 Å². The highest BCUT2D eigenvalue weighted by Gasteiger charge is 2.46. The van der Waals surface area contributed by atoms with E-state index >= 15 is 0 Å². The molecule has 5 nitrogen and oxygen atoms in total. The second kappa shape index (κ2) is 7.96. The van der Waals surface area contributed by atoms with Gasteiger partial charge in [0.05, 0.1) is 11.4 Å². The van der Waals surface area contributed by atoms with Crippen LogP contribution in [0.5, 0.6) is 0 Å². The Kier molecular flexibility index (Phi) is 5.60. The van der Waals surface area contributed by atoms with Crippen molar-refractivity contribution in [2.24, 2.45) is 0 Å². The fourth-order valence-corrected chi connectivity index (χ4v) is 3.12. The van der Waals surface area contributed by atoms with Gasteiger partial charge < -0.3 is 5.32 Å². The smallest absolute Gasteiger partial charge is 0.320 e. The number of hydrogen-bond donors (Lipinski definition) is 2. The minimum atomic E-state index is -5.65. The summed E-state index contributed by atoms with van der Waals surface area (Å²) < 4.78 is 62.9. The number of sulfonamides is 1. The zero-order valence-electron chi connectivity index (χ0n) is 14.8. The summed E-state index contributed by atoms with van der Waals surface area (Å²) in [6.45, 7) is 0. The first kappa shape index (κ1) is 20.4. The molecular formula is C20H15F3N2O3S. The number of benzene rings is 3. The molecule has 0 aliphatic carbocycles. The van der Waals surface area contributed by atoms with Crippen LogP contribution in [0, 0.1) is 0 Å². The van der Waals surface area contributed by atoms with Crippen LogP contribution in [-0.2, 0) is 10.0 Å². The summed E-state index contributed by atoms with van der Waals surface area (Å²) in [6, 6.07) is 20.9. The van der Waals surface area contributed by atoms with Crippen molar-refractivity contribution in [2.45, 2.75) is 5.51 Å². The van der Waals surface area contributed by atoms with E-state index in [-0.39, 0.29) is 11.3 Å². The van der Waals surface area contributed by atoms with Crippen LogP contribution in [0.4, 0.5) is 24.5 Å². The number of rotatable bonds is 5. The highest BCUT2D eigenvalue weighted by molar-refractivity contribution is 7.93. The van der Waals surface area contributed by atoms with Gasteiger partial charge in [-0.2, -0.15) is 21.6 Å². The molecule has 0 fully saturated rings.